The van der Waals surface area contributed by atoms with Gasteiger partial charge in [0.05, 0.1) is 10.9 Å². The van der Waals surface area contributed by atoms with Crippen LogP contribution in [0.25, 0.3) is 0 Å². The Labute approximate surface area is 173 Å². The Kier molecular flexibility index (Phi) is 18.3. The van der Waals surface area contributed by atoms with E-state index in [1.54, 1.807) is 23.7 Å². The molecule has 4 nitrogen and oxygen atoms in total. The van der Waals surface area contributed by atoms with Gasteiger partial charge in [0.15, 0.2) is 7.85 Å². The molecule has 1 rings (SSSR count). The average Bonchev–Trinajstić information content (AvgIpc) is 2.70. The lowest BCUT2D eigenvalue weighted by atomic mass is 9.75. The van der Waals surface area contributed by atoms with Crippen molar-refractivity contribution in [3.8, 4) is 0 Å². The van der Waals surface area contributed by atoms with E-state index in [0.717, 1.165) is 38.4 Å². The zero-order valence-electron chi connectivity index (χ0n) is 18.5. The Morgan fingerprint density at radius 2 is 1.67 bits per heavy atom. The topological polar surface area (TPSA) is 54.5 Å². The van der Waals surface area contributed by atoms with Crippen molar-refractivity contribution in [3.05, 3.63) is 0 Å². The van der Waals surface area contributed by atoms with Crippen LogP contribution in [0.1, 0.15) is 80.1 Å². The maximum atomic E-state index is 12.3. The van der Waals surface area contributed by atoms with E-state index in [4.69, 9.17) is 7.85 Å². The molecule has 1 saturated carbocycles. The molecule has 0 aromatic heterocycles. The molecule has 0 spiro atoms. The highest BCUT2D eigenvalue weighted by Crippen LogP contribution is 2.29. The highest BCUT2D eigenvalue weighted by atomic mass is 32.2. The molecule has 156 valence electrons. The number of thioether (sulfide) groups is 1. The molecule has 2 atom stereocenters. The van der Waals surface area contributed by atoms with Crippen molar-refractivity contribution in [2.45, 2.75) is 90.6 Å². The average molecular weight is 397 g/mol. The maximum Gasteiger partial charge on any atom is 0.223 e. The minimum atomic E-state index is -0.259. The van der Waals surface area contributed by atoms with E-state index < -0.39 is 0 Å². The smallest absolute Gasteiger partial charge is 0.223 e. The van der Waals surface area contributed by atoms with E-state index in [2.05, 4.69) is 13.8 Å². The zero-order chi connectivity index (χ0) is 21.4. The van der Waals surface area contributed by atoms with Gasteiger partial charge in [-0.25, -0.2) is 0 Å². The molecule has 2 unspecified atom stereocenters. The summed E-state index contributed by atoms with van der Waals surface area (Å²) in [7, 11) is 7.15. The van der Waals surface area contributed by atoms with Crippen LogP contribution in [0, 0.1) is 11.8 Å². The first-order valence-corrected chi connectivity index (χ1v) is 11.5. The van der Waals surface area contributed by atoms with Crippen LogP contribution in [0.3, 0.4) is 0 Å². The molecule has 1 fully saturated rings. The molecule has 1 aliphatic carbocycles. The second-order valence-corrected chi connectivity index (χ2v) is 8.31. The Morgan fingerprint density at radius 1 is 1.15 bits per heavy atom. The summed E-state index contributed by atoms with van der Waals surface area (Å²) >= 11 is 1.57. The number of carbonyl (C=O) groups excluding carboxylic acids is 3. The third-order valence-electron chi connectivity index (χ3n) is 4.72. The van der Waals surface area contributed by atoms with Gasteiger partial charge in [0.1, 0.15) is 6.29 Å². The van der Waals surface area contributed by atoms with Crippen LogP contribution in [-0.4, -0.2) is 54.7 Å². The van der Waals surface area contributed by atoms with Gasteiger partial charge in [-0.15, -0.1) is 11.8 Å². The lowest BCUT2D eigenvalue weighted by Gasteiger charge is -2.31. The SMILES string of the molecule is CC.CC.[B]C(=O)C1CCC(CN(C)C(=O)CC(C=O)SC(C)CC)CC1. The quantitative estimate of drug-likeness (QED) is 0.425. The van der Waals surface area contributed by atoms with Gasteiger partial charge >= 0.3 is 0 Å². The molecule has 0 aromatic rings. The molecule has 1 amide bonds. The number of rotatable bonds is 9. The van der Waals surface area contributed by atoms with E-state index in [0.29, 0.717) is 17.7 Å². The zero-order valence-corrected chi connectivity index (χ0v) is 19.3. The fraction of sp³-hybridized carbons (Fsp3) is 0.857. The van der Waals surface area contributed by atoms with Gasteiger partial charge in [0.2, 0.25) is 5.91 Å². The Morgan fingerprint density at radius 3 is 2.07 bits per heavy atom. The minimum absolute atomic E-state index is 0.00127. The van der Waals surface area contributed by atoms with Crippen molar-refractivity contribution in [3.63, 3.8) is 0 Å². The molecule has 1 aliphatic rings. The summed E-state index contributed by atoms with van der Waals surface area (Å²) in [5, 5.41) is 0.123. The van der Waals surface area contributed by atoms with Gasteiger partial charge in [0.25, 0.3) is 0 Å². The number of hydrogen-bond donors (Lipinski definition) is 0. The molecule has 27 heavy (non-hydrogen) atoms. The van der Waals surface area contributed by atoms with Crippen molar-refractivity contribution >= 4 is 37.5 Å². The van der Waals surface area contributed by atoms with E-state index >= 15 is 0 Å². The second-order valence-electron chi connectivity index (χ2n) is 6.63. The minimum Gasteiger partial charge on any atom is -0.345 e. The highest BCUT2D eigenvalue weighted by Gasteiger charge is 2.26. The number of aldehydes is 1. The van der Waals surface area contributed by atoms with Crippen LogP contribution in [0.5, 0.6) is 0 Å². The van der Waals surface area contributed by atoms with Gasteiger partial charge in [-0.05, 0) is 38.0 Å². The fourth-order valence-electron chi connectivity index (χ4n) is 2.97. The molecule has 0 aromatic carbocycles. The third-order valence-corrected chi connectivity index (χ3v) is 6.14. The largest absolute Gasteiger partial charge is 0.345 e. The molecule has 0 heterocycles. The van der Waals surface area contributed by atoms with E-state index in [9.17, 15) is 14.4 Å². The summed E-state index contributed by atoms with van der Waals surface area (Å²) in [6, 6.07) is 0. The molecule has 0 saturated heterocycles. The number of hydrogen-bond acceptors (Lipinski definition) is 4. The molecule has 0 bridgehead atoms. The van der Waals surface area contributed by atoms with Crippen molar-refractivity contribution in [2.75, 3.05) is 13.6 Å². The van der Waals surface area contributed by atoms with Gasteiger partial charge in [-0.3, -0.25) is 4.79 Å². The molecule has 0 aliphatic heterocycles. The number of amides is 1. The van der Waals surface area contributed by atoms with Gasteiger partial charge in [-0.1, -0.05) is 41.5 Å². The van der Waals surface area contributed by atoms with E-state index in [1.165, 1.54) is 0 Å². The third kappa shape index (κ3) is 12.3. The fourth-order valence-corrected chi connectivity index (χ4v) is 4.06. The van der Waals surface area contributed by atoms with Crippen LogP contribution >= 0.6 is 11.8 Å². The molecule has 0 N–H and O–H groups in total. The van der Waals surface area contributed by atoms with E-state index in [-0.39, 0.29) is 29.2 Å². The van der Waals surface area contributed by atoms with Crippen LogP contribution in [0.15, 0.2) is 0 Å². The summed E-state index contributed by atoms with van der Waals surface area (Å²) in [6.07, 6.45) is 5.66. The maximum absolute atomic E-state index is 12.3. The first-order valence-electron chi connectivity index (χ1n) is 10.5. The van der Waals surface area contributed by atoms with Crippen molar-refractivity contribution in [2.24, 2.45) is 11.8 Å². The van der Waals surface area contributed by atoms with E-state index in [1.807, 2.05) is 27.7 Å². The standard InChI is InChI=1S/C17H28BNO3S.2C2H6/c1-4-12(2)23-15(11-20)9-16(21)19(3)10-13-5-7-14(8-6-13)17(18)22;2*1-2/h11-15H,4-10H2,1-3H3;2*1-2H3. The Hall–Kier alpha value is -0.775. The van der Waals surface area contributed by atoms with Gasteiger partial charge in [0, 0.05) is 31.2 Å². The van der Waals surface area contributed by atoms with Gasteiger partial charge in [-0.2, -0.15) is 0 Å². The Bertz CT molecular complexity index is 412. The van der Waals surface area contributed by atoms with Crippen molar-refractivity contribution in [1.29, 1.82) is 0 Å². The van der Waals surface area contributed by atoms with Gasteiger partial charge < -0.3 is 14.5 Å². The van der Waals surface area contributed by atoms with Crippen molar-refractivity contribution < 1.29 is 14.4 Å². The first-order chi connectivity index (χ1) is 12.9. The normalized spacial score (nSPS) is 20.7. The van der Waals surface area contributed by atoms with Crippen LogP contribution < -0.4 is 0 Å². The predicted octanol–water partition coefficient (Wildman–Crippen LogP) is 4.49. The number of nitrogens with zero attached hydrogens (tertiary/aromatic N) is 1. The lowest BCUT2D eigenvalue weighted by Crippen LogP contribution is -2.35. The molecular weight excluding hydrogens is 357 g/mol. The summed E-state index contributed by atoms with van der Waals surface area (Å²) in [5.74, 6) is 0.449. The molecule has 6 heteroatoms. The monoisotopic (exact) mass is 397 g/mol. The summed E-state index contributed by atoms with van der Waals surface area (Å²) in [6.45, 7) is 12.9. The molecular formula is C21H40BNO3S. The van der Waals surface area contributed by atoms with Crippen molar-refractivity contribution in [1.82, 2.24) is 4.90 Å². The summed E-state index contributed by atoms with van der Waals surface area (Å²) in [5.41, 5.74) is -0.205. The second kappa shape index (κ2) is 17.3. The lowest BCUT2D eigenvalue weighted by molar-refractivity contribution is -0.131. The van der Waals surface area contributed by atoms with Crippen LogP contribution in [0.4, 0.5) is 0 Å². The summed E-state index contributed by atoms with van der Waals surface area (Å²) < 4.78 is 0. The first kappa shape index (κ1) is 28.4. The van der Waals surface area contributed by atoms with Crippen LogP contribution in [-0.2, 0) is 14.4 Å². The number of carbonyl (C=O) groups is 3. The summed E-state index contributed by atoms with van der Waals surface area (Å²) in [4.78, 5) is 36.4. The Balaban J connectivity index is 0. The predicted molar refractivity (Wildman–Crippen MR) is 118 cm³/mol. The van der Waals surface area contributed by atoms with Crippen LogP contribution in [0.2, 0.25) is 0 Å². The highest BCUT2D eigenvalue weighted by molar-refractivity contribution is 8.01. The molecule has 2 radical (unpaired) electrons.